The van der Waals surface area contributed by atoms with E-state index in [-0.39, 0.29) is 24.1 Å². The summed E-state index contributed by atoms with van der Waals surface area (Å²) in [5.41, 5.74) is 3.07. The highest BCUT2D eigenvalue weighted by atomic mass is 32.2. The van der Waals surface area contributed by atoms with Crippen molar-refractivity contribution in [2.24, 2.45) is 5.10 Å². The summed E-state index contributed by atoms with van der Waals surface area (Å²) < 4.78 is 24.1. The van der Waals surface area contributed by atoms with Crippen molar-refractivity contribution in [3.05, 3.63) is 106 Å². The standard InChI is InChI=1S/C35H34N6O6S2/c1-44-23-16-14-22(15-17-23)25-19-27(24-9-7-12-29(46-3)33(24)47-4)41(39-25)32(42)21-49-35-38-37-31(20-36-34(43)30-13-8-18-48-30)40(35)26-10-5-6-11-28(26)45-2/h5-18,27H,19-21H2,1-4H3,(H,36,43)/t27-/m0/s1. The lowest BCUT2D eigenvalue weighted by Crippen LogP contribution is -2.29. The zero-order valence-electron chi connectivity index (χ0n) is 27.3. The van der Waals surface area contributed by atoms with Crippen molar-refractivity contribution in [1.82, 2.24) is 25.1 Å². The van der Waals surface area contributed by atoms with Crippen molar-refractivity contribution in [3.63, 3.8) is 0 Å². The van der Waals surface area contributed by atoms with Gasteiger partial charge >= 0.3 is 0 Å². The maximum atomic E-state index is 14.1. The van der Waals surface area contributed by atoms with E-state index in [1.54, 1.807) is 39.1 Å². The smallest absolute Gasteiger partial charge is 0.261 e. The Morgan fingerprint density at radius 2 is 1.65 bits per heavy atom. The van der Waals surface area contributed by atoms with Crippen molar-refractivity contribution in [2.75, 3.05) is 34.2 Å². The van der Waals surface area contributed by atoms with Gasteiger partial charge < -0.3 is 24.3 Å². The number of hydrogen-bond donors (Lipinski definition) is 1. The molecule has 1 aliphatic rings. The maximum Gasteiger partial charge on any atom is 0.261 e. The van der Waals surface area contributed by atoms with Gasteiger partial charge in [0.1, 0.15) is 11.5 Å². The second kappa shape index (κ2) is 15.3. The minimum Gasteiger partial charge on any atom is -0.497 e. The van der Waals surface area contributed by atoms with Gasteiger partial charge in [-0.05, 0) is 59.5 Å². The minimum atomic E-state index is -0.453. The van der Waals surface area contributed by atoms with E-state index in [1.165, 1.54) is 28.1 Å². The van der Waals surface area contributed by atoms with Crippen LogP contribution in [0.3, 0.4) is 0 Å². The molecule has 252 valence electrons. The zero-order valence-corrected chi connectivity index (χ0v) is 28.9. The van der Waals surface area contributed by atoms with Crippen LogP contribution in [0.1, 0.15) is 39.1 Å². The van der Waals surface area contributed by atoms with Crippen LogP contribution in [0.4, 0.5) is 0 Å². The number of hydrazone groups is 1. The van der Waals surface area contributed by atoms with E-state index in [2.05, 4.69) is 15.5 Å². The summed E-state index contributed by atoms with van der Waals surface area (Å²) in [6.45, 7) is 0.107. The van der Waals surface area contributed by atoms with Gasteiger partial charge in [0.2, 0.25) is 0 Å². The second-order valence-electron chi connectivity index (χ2n) is 10.7. The van der Waals surface area contributed by atoms with Crippen molar-refractivity contribution < 1.29 is 28.5 Å². The third-order valence-electron chi connectivity index (χ3n) is 7.88. The Labute approximate surface area is 291 Å². The van der Waals surface area contributed by atoms with Crippen LogP contribution in [0.5, 0.6) is 23.0 Å². The molecule has 14 heteroatoms. The monoisotopic (exact) mass is 698 g/mol. The molecule has 1 N–H and O–H groups in total. The molecular formula is C35H34N6O6S2. The number of thioether (sulfide) groups is 1. The fraction of sp³-hybridized carbons (Fsp3) is 0.229. The van der Waals surface area contributed by atoms with E-state index in [1.807, 2.05) is 78.2 Å². The summed E-state index contributed by atoms with van der Waals surface area (Å²) in [6, 6.07) is 23.7. The molecule has 0 spiro atoms. The molecule has 0 bridgehead atoms. The molecule has 12 nitrogen and oxygen atoms in total. The van der Waals surface area contributed by atoms with Gasteiger partial charge in [0.15, 0.2) is 22.5 Å². The van der Waals surface area contributed by atoms with Gasteiger partial charge in [-0.3, -0.25) is 14.2 Å². The minimum absolute atomic E-state index is 0.00296. The summed E-state index contributed by atoms with van der Waals surface area (Å²) in [5, 5.41) is 20.4. The fourth-order valence-electron chi connectivity index (χ4n) is 5.53. The largest absolute Gasteiger partial charge is 0.497 e. The van der Waals surface area contributed by atoms with Crippen LogP contribution in [-0.2, 0) is 11.3 Å². The molecular weight excluding hydrogens is 665 g/mol. The molecule has 6 rings (SSSR count). The molecule has 3 aromatic carbocycles. The highest BCUT2D eigenvalue weighted by molar-refractivity contribution is 7.99. The molecule has 0 radical (unpaired) electrons. The van der Waals surface area contributed by atoms with Gasteiger partial charge in [0.25, 0.3) is 11.8 Å². The van der Waals surface area contributed by atoms with Gasteiger partial charge in [0, 0.05) is 12.0 Å². The van der Waals surface area contributed by atoms with Gasteiger partial charge in [-0.1, -0.05) is 42.1 Å². The molecule has 3 heterocycles. The predicted molar refractivity (Wildman–Crippen MR) is 187 cm³/mol. The number of amides is 2. The van der Waals surface area contributed by atoms with Crippen molar-refractivity contribution in [3.8, 4) is 28.7 Å². The van der Waals surface area contributed by atoms with Crippen LogP contribution in [0.15, 0.2) is 94.5 Å². The lowest BCUT2D eigenvalue weighted by Gasteiger charge is -2.24. The number of methoxy groups -OCH3 is 4. The first kappa shape index (κ1) is 33.6. The molecule has 0 unspecified atom stereocenters. The summed E-state index contributed by atoms with van der Waals surface area (Å²) in [6.07, 6.45) is 0.456. The summed E-state index contributed by atoms with van der Waals surface area (Å²) in [5.74, 6) is 2.42. The number of para-hydroxylation sites is 3. The molecule has 1 aliphatic heterocycles. The molecule has 5 aromatic rings. The average molecular weight is 699 g/mol. The first-order valence-corrected chi connectivity index (χ1v) is 17.1. The number of ether oxygens (including phenoxy) is 4. The Bertz CT molecular complexity index is 1960. The zero-order chi connectivity index (χ0) is 34.3. The van der Waals surface area contributed by atoms with Crippen LogP contribution in [0.25, 0.3) is 5.69 Å². The number of nitrogens with one attached hydrogen (secondary N) is 1. The maximum absolute atomic E-state index is 14.1. The molecule has 2 aromatic heterocycles. The van der Waals surface area contributed by atoms with Gasteiger partial charge in [-0.15, -0.1) is 21.5 Å². The Hall–Kier alpha value is -5.34. The number of carbonyl (C=O) groups is 2. The van der Waals surface area contributed by atoms with E-state index >= 15 is 0 Å². The number of aromatic nitrogens is 3. The molecule has 0 saturated carbocycles. The first-order chi connectivity index (χ1) is 23.9. The van der Waals surface area contributed by atoms with E-state index in [4.69, 9.17) is 24.0 Å². The van der Waals surface area contributed by atoms with Crippen LogP contribution >= 0.6 is 23.1 Å². The first-order valence-electron chi connectivity index (χ1n) is 15.2. The van der Waals surface area contributed by atoms with E-state index in [0.717, 1.165) is 22.6 Å². The highest BCUT2D eigenvalue weighted by Crippen LogP contribution is 2.42. The Morgan fingerprint density at radius 1 is 0.878 bits per heavy atom. The van der Waals surface area contributed by atoms with Gasteiger partial charge in [-0.2, -0.15) is 5.10 Å². The number of rotatable bonds is 13. The fourth-order valence-corrected chi connectivity index (χ4v) is 6.98. The third-order valence-corrected chi connectivity index (χ3v) is 9.67. The van der Waals surface area contributed by atoms with E-state index < -0.39 is 6.04 Å². The van der Waals surface area contributed by atoms with Crippen LogP contribution in [-0.4, -0.2) is 71.5 Å². The Balaban J connectivity index is 1.30. The highest BCUT2D eigenvalue weighted by Gasteiger charge is 2.36. The molecule has 0 fully saturated rings. The summed E-state index contributed by atoms with van der Waals surface area (Å²) in [7, 11) is 6.35. The SMILES string of the molecule is COc1ccc(C2=NN(C(=O)CSc3nnc(CNC(=O)c4cccs4)n3-c3ccccc3OC)[C@H](c3cccc(OC)c3OC)C2)cc1. The molecule has 0 aliphatic carbocycles. The summed E-state index contributed by atoms with van der Waals surface area (Å²) >= 11 is 2.57. The van der Waals surface area contributed by atoms with Crippen LogP contribution in [0, 0.1) is 0 Å². The van der Waals surface area contributed by atoms with Crippen LogP contribution < -0.4 is 24.3 Å². The molecule has 0 saturated heterocycles. The number of nitrogens with zero attached hydrogens (tertiary/aromatic N) is 5. The van der Waals surface area contributed by atoms with E-state index in [9.17, 15) is 9.59 Å². The lowest BCUT2D eigenvalue weighted by atomic mass is 9.97. The lowest BCUT2D eigenvalue weighted by molar-refractivity contribution is -0.130. The average Bonchev–Trinajstić information content (AvgIpc) is 3.93. The normalized spacial score (nSPS) is 13.9. The third kappa shape index (κ3) is 7.10. The number of benzene rings is 3. The Morgan fingerprint density at radius 3 is 2.37 bits per heavy atom. The topological polar surface area (TPSA) is 129 Å². The second-order valence-corrected chi connectivity index (χ2v) is 12.6. The van der Waals surface area contributed by atoms with Gasteiger partial charge in [0.05, 0.1) is 63.1 Å². The number of carbonyl (C=O) groups excluding carboxylic acids is 2. The van der Waals surface area contributed by atoms with Crippen molar-refractivity contribution in [2.45, 2.75) is 24.2 Å². The molecule has 1 atom stereocenters. The number of hydrogen-bond acceptors (Lipinski definition) is 11. The predicted octanol–water partition coefficient (Wildman–Crippen LogP) is 5.76. The Kier molecular flexibility index (Phi) is 10.4. The number of thiophene rings is 1. The van der Waals surface area contributed by atoms with Gasteiger partial charge in [-0.25, -0.2) is 5.01 Å². The van der Waals surface area contributed by atoms with Crippen LogP contribution in [0.2, 0.25) is 0 Å². The van der Waals surface area contributed by atoms with Crippen molar-refractivity contribution >= 4 is 40.6 Å². The van der Waals surface area contributed by atoms with E-state index in [0.29, 0.717) is 45.2 Å². The quantitative estimate of drug-likeness (QED) is 0.153. The molecule has 49 heavy (non-hydrogen) atoms. The molecule has 2 amide bonds. The summed E-state index contributed by atoms with van der Waals surface area (Å²) in [4.78, 5) is 27.5. The van der Waals surface area contributed by atoms with Crippen molar-refractivity contribution in [1.29, 1.82) is 0 Å².